The van der Waals surface area contributed by atoms with Crippen molar-refractivity contribution >= 4 is 0 Å². The van der Waals surface area contributed by atoms with E-state index in [4.69, 9.17) is 9.47 Å². The number of benzene rings is 1. The van der Waals surface area contributed by atoms with Gasteiger partial charge in [0.15, 0.2) is 0 Å². The molecule has 0 aliphatic heterocycles. The largest absolute Gasteiger partial charge is 0.491 e. The first-order chi connectivity index (χ1) is 10.6. The van der Waals surface area contributed by atoms with Crippen molar-refractivity contribution in [1.82, 2.24) is 5.32 Å². The highest BCUT2D eigenvalue weighted by Crippen LogP contribution is 2.28. The maximum Gasteiger partial charge on any atom is 0.119 e. The van der Waals surface area contributed by atoms with E-state index in [9.17, 15) is 5.11 Å². The van der Waals surface area contributed by atoms with Gasteiger partial charge in [-0.3, -0.25) is 0 Å². The predicted octanol–water partition coefficient (Wildman–Crippen LogP) is 3.06. The summed E-state index contributed by atoms with van der Waals surface area (Å²) in [5, 5.41) is 14.0. The van der Waals surface area contributed by atoms with Gasteiger partial charge >= 0.3 is 0 Å². The zero-order chi connectivity index (χ0) is 15.8. The molecular formula is C18H29NO3. The minimum Gasteiger partial charge on any atom is -0.491 e. The van der Waals surface area contributed by atoms with Crippen LogP contribution in [0.3, 0.4) is 0 Å². The van der Waals surface area contributed by atoms with Crippen molar-refractivity contribution in [2.75, 3.05) is 26.9 Å². The molecular weight excluding hydrogens is 278 g/mol. The van der Waals surface area contributed by atoms with Gasteiger partial charge in [-0.25, -0.2) is 0 Å². The molecule has 4 nitrogen and oxygen atoms in total. The van der Waals surface area contributed by atoms with Crippen LogP contribution in [0.15, 0.2) is 24.3 Å². The van der Waals surface area contributed by atoms with Crippen LogP contribution in [0.5, 0.6) is 5.75 Å². The second-order valence-electron chi connectivity index (χ2n) is 6.30. The van der Waals surface area contributed by atoms with E-state index in [0.29, 0.717) is 19.8 Å². The molecule has 1 aromatic carbocycles. The molecule has 2 rings (SSSR count). The summed E-state index contributed by atoms with van der Waals surface area (Å²) in [4.78, 5) is 0. The zero-order valence-electron chi connectivity index (χ0n) is 13.8. The van der Waals surface area contributed by atoms with Gasteiger partial charge in [-0.05, 0) is 37.5 Å². The van der Waals surface area contributed by atoms with E-state index >= 15 is 0 Å². The normalized spacial score (nSPS) is 18.9. The fourth-order valence-electron chi connectivity index (χ4n) is 2.94. The first kappa shape index (κ1) is 17.3. The molecule has 2 N–H and O–H groups in total. The Labute approximate surface area is 133 Å². The summed E-state index contributed by atoms with van der Waals surface area (Å²) in [7, 11) is 1.67. The molecule has 1 atom stereocenters. The summed E-state index contributed by atoms with van der Waals surface area (Å²) >= 11 is 0. The van der Waals surface area contributed by atoms with Crippen LogP contribution in [0.25, 0.3) is 0 Å². The lowest BCUT2D eigenvalue weighted by Crippen LogP contribution is -2.42. The third-order valence-electron chi connectivity index (χ3n) is 4.46. The smallest absolute Gasteiger partial charge is 0.119 e. The highest BCUT2D eigenvalue weighted by molar-refractivity contribution is 5.29. The molecule has 1 aromatic rings. The lowest BCUT2D eigenvalue weighted by molar-refractivity contribution is 0.00300. The Hall–Kier alpha value is -1.10. The lowest BCUT2D eigenvalue weighted by atomic mass is 9.84. The van der Waals surface area contributed by atoms with Gasteiger partial charge in [0.2, 0.25) is 0 Å². The van der Waals surface area contributed by atoms with Crippen LogP contribution in [0.1, 0.15) is 50.6 Å². The Morgan fingerprint density at radius 2 is 1.82 bits per heavy atom. The van der Waals surface area contributed by atoms with Gasteiger partial charge in [0.25, 0.3) is 0 Å². The number of nitrogens with one attached hydrogen (secondary N) is 1. The molecule has 124 valence electrons. The van der Waals surface area contributed by atoms with Crippen LogP contribution in [0.4, 0.5) is 0 Å². The molecule has 1 unspecified atom stereocenters. The van der Waals surface area contributed by atoms with E-state index < -0.39 is 5.60 Å². The van der Waals surface area contributed by atoms with Crippen LogP contribution in [0.2, 0.25) is 0 Å². The van der Waals surface area contributed by atoms with Gasteiger partial charge in [0.05, 0.1) is 12.2 Å². The van der Waals surface area contributed by atoms with E-state index in [1.54, 1.807) is 7.11 Å². The maximum atomic E-state index is 10.5. The van der Waals surface area contributed by atoms with Crippen molar-refractivity contribution in [3.05, 3.63) is 29.8 Å². The molecule has 0 bridgehead atoms. The average Bonchev–Trinajstić information content (AvgIpc) is 2.54. The quantitative estimate of drug-likeness (QED) is 0.725. The first-order valence-electron chi connectivity index (χ1n) is 8.30. The van der Waals surface area contributed by atoms with E-state index in [1.165, 1.54) is 12.0 Å². The molecule has 0 heterocycles. The van der Waals surface area contributed by atoms with Gasteiger partial charge < -0.3 is 19.9 Å². The van der Waals surface area contributed by atoms with Crippen molar-refractivity contribution in [3.8, 4) is 5.75 Å². The molecule has 1 aliphatic carbocycles. The molecule has 0 spiro atoms. The highest BCUT2D eigenvalue weighted by Gasteiger charge is 2.29. The van der Waals surface area contributed by atoms with Gasteiger partial charge in [0.1, 0.15) is 12.4 Å². The summed E-state index contributed by atoms with van der Waals surface area (Å²) < 4.78 is 10.5. The molecule has 0 saturated heterocycles. The zero-order valence-corrected chi connectivity index (χ0v) is 13.8. The molecule has 1 aliphatic rings. The summed E-state index contributed by atoms with van der Waals surface area (Å²) in [6.45, 7) is 3.96. The number of hydrogen-bond donors (Lipinski definition) is 2. The molecule has 0 aromatic heterocycles. The molecule has 0 radical (unpaired) electrons. The summed E-state index contributed by atoms with van der Waals surface area (Å²) in [5.74, 6) is 0.860. The monoisotopic (exact) mass is 307 g/mol. The highest BCUT2D eigenvalue weighted by atomic mass is 16.5. The third-order valence-corrected chi connectivity index (χ3v) is 4.46. The topological polar surface area (TPSA) is 50.7 Å². The minimum atomic E-state index is -0.518. The fraction of sp³-hybridized carbons (Fsp3) is 0.667. The van der Waals surface area contributed by atoms with E-state index in [-0.39, 0.29) is 6.04 Å². The number of hydrogen-bond acceptors (Lipinski definition) is 4. The maximum absolute atomic E-state index is 10.5. The first-order valence-corrected chi connectivity index (χ1v) is 8.30. The van der Waals surface area contributed by atoms with Gasteiger partial charge in [-0.1, -0.05) is 31.4 Å². The van der Waals surface area contributed by atoms with Crippen molar-refractivity contribution in [2.24, 2.45) is 0 Å². The minimum absolute atomic E-state index is 0.221. The molecule has 4 heteroatoms. The Morgan fingerprint density at radius 3 is 2.45 bits per heavy atom. The number of rotatable bonds is 8. The summed E-state index contributed by atoms with van der Waals surface area (Å²) in [5.41, 5.74) is 0.689. The second-order valence-corrected chi connectivity index (χ2v) is 6.30. The van der Waals surface area contributed by atoms with Crippen molar-refractivity contribution in [2.45, 2.75) is 50.7 Å². The fourth-order valence-corrected chi connectivity index (χ4v) is 2.94. The lowest BCUT2D eigenvalue weighted by Gasteiger charge is -2.33. The van der Waals surface area contributed by atoms with Crippen molar-refractivity contribution < 1.29 is 14.6 Å². The third kappa shape index (κ3) is 5.27. The summed E-state index contributed by atoms with van der Waals surface area (Å²) in [6, 6.07) is 8.34. The number of methoxy groups -OCH3 is 1. The Morgan fingerprint density at radius 1 is 1.14 bits per heavy atom. The van der Waals surface area contributed by atoms with Crippen LogP contribution in [-0.4, -0.2) is 37.6 Å². The van der Waals surface area contributed by atoms with Crippen molar-refractivity contribution in [3.63, 3.8) is 0 Å². The Bertz CT molecular complexity index is 426. The van der Waals surface area contributed by atoms with Crippen LogP contribution >= 0.6 is 0 Å². The number of ether oxygens (including phenoxy) is 2. The molecule has 22 heavy (non-hydrogen) atoms. The molecule has 1 saturated carbocycles. The Kier molecular flexibility index (Phi) is 6.68. The van der Waals surface area contributed by atoms with Crippen LogP contribution in [-0.2, 0) is 4.74 Å². The number of aliphatic hydroxyl groups is 1. The van der Waals surface area contributed by atoms with E-state index in [0.717, 1.165) is 31.4 Å². The van der Waals surface area contributed by atoms with Crippen LogP contribution < -0.4 is 10.1 Å². The van der Waals surface area contributed by atoms with E-state index in [1.807, 2.05) is 12.1 Å². The van der Waals surface area contributed by atoms with Gasteiger partial charge in [-0.15, -0.1) is 0 Å². The van der Waals surface area contributed by atoms with Crippen molar-refractivity contribution in [1.29, 1.82) is 0 Å². The van der Waals surface area contributed by atoms with Gasteiger partial charge in [0, 0.05) is 19.7 Å². The SMILES string of the molecule is COCCOc1ccc(C(C)NCC2(O)CCCCC2)cc1. The van der Waals surface area contributed by atoms with Gasteiger partial charge in [-0.2, -0.15) is 0 Å². The molecule has 0 amide bonds. The Balaban J connectivity index is 1.80. The standard InChI is InChI=1S/C18H29NO3/c1-15(19-14-18(20)10-4-3-5-11-18)16-6-8-17(9-7-16)22-13-12-21-2/h6-9,15,19-20H,3-5,10-14H2,1-2H3. The van der Waals surface area contributed by atoms with E-state index in [2.05, 4.69) is 24.4 Å². The molecule has 1 fully saturated rings. The summed E-state index contributed by atoms with van der Waals surface area (Å²) in [6.07, 6.45) is 5.36. The second kappa shape index (κ2) is 8.51. The average molecular weight is 307 g/mol. The predicted molar refractivity (Wildman–Crippen MR) is 88.3 cm³/mol. The van der Waals surface area contributed by atoms with Crippen LogP contribution in [0, 0.1) is 0 Å².